The Balaban J connectivity index is 1.68. The summed E-state index contributed by atoms with van der Waals surface area (Å²) in [6.07, 6.45) is 4.16. The summed E-state index contributed by atoms with van der Waals surface area (Å²) in [5.41, 5.74) is 0. The molecule has 1 aliphatic heterocycles. The smallest absolute Gasteiger partial charge is 0.319 e. The molecular formula is C15H26N2O4. The van der Waals surface area contributed by atoms with Crippen LogP contribution < -0.4 is 0 Å². The number of aliphatic carboxylic acids is 1. The van der Waals surface area contributed by atoms with Crippen LogP contribution in [0.3, 0.4) is 0 Å². The lowest BCUT2D eigenvalue weighted by Crippen LogP contribution is -2.48. The lowest BCUT2D eigenvalue weighted by atomic mass is 9.82. The van der Waals surface area contributed by atoms with Crippen molar-refractivity contribution in [1.29, 1.82) is 0 Å². The van der Waals surface area contributed by atoms with Gasteiger partial charge in [0.15, 0.2) is 0 Å². The fourth-order valence-electron chi connectivity index (χ4n) is 3.30. The second kappa shape index (κ2) is 7.11. The van der Waals surface area contributed by atoms with Gasteiger partial charge in [-0.3, -0.25) is 4.79 Å². The van der Waals surface area contributed by atoms with Crippen LogP contribution in [0.1, 0.15) is 38.5 Å². The average Bonchev–Trinajstić information content (AvgIpc) is 2.43. The molecule has 2 fully saturated rings. The molecule has 6 nitrogen and oxygen atoms in total. The van der Waals surface area contributed by atoms with Gasteiger partial charge < -0.3 is 20.0 Å². The van der Waals surface area contributed by atoms with E-state index in [0.29, 0.717) is 18.3 Å². The van der Waals surface area contributed by atoms with E-state index in [0.717, 1.165) is 45.3 Å². The monoisotopic (exact) mass is 298 g/mol. The molecule has 0 aromatic heterocycles. The van der Waals surface area contributed by atoms with Gasteiger partial charge in [-0.2, -0.15) is 0 Å². The zero-order chi connectivity index (χ0) is 15.4. The Labute approximate surface area is 125 Å². The summed E-state index contributed by atoms with van der Waals surface area (Å²) in [6.45, 7) is 2.16. The molecule has 1 aliphatic carbocycles. The fourth-order valence-corrected chi connectivity index (χ4v) is 3.30. The molecule has 0 aromatic carbocycles. The number of amides is 2. The van der Waals surface area contributed by atoms with Crippen molar-refractivity contribution >= 4 is 12.0 Å². The van der Waals surface area contributed by atoms with Crippen molar-refractivity contribution in [3.8, 4) is 0 Å². The number of hydrogen-bond donors (Lipinski definition) is 2. The molecule has 120 valence electrons. The van der Waals surface area contributed by atoms with Crippen LogP contribution >= 0.6 is 0 Å². The third kappa shape index (κ3) is 4.59. The maximum Gasteiger partial charge on any atom is 0.319 e. The number of urea groups is 1. The summed E-state index contributed by atoms with van der Waals surface area (Å²) in [6, 6.07) is 0.0630. The first-order valence-electron chi connectivity index (χ1n) is 7.85. The van der Waals surface area contributed by atoms with E-state index in [1.54, 1.807) is 4.90 Å². The van der Waals surface area contributed by atoms with Gasteiger partial charge in [-0.15, -0.1) is 0 Å². The highest BCUT2D eigenvalue weighted by Gasteiger charge is 2.31. The molecule has 0 spiro atoms. The van der Waals surface area contributed by atoms with Gasteiger partial charge in [0.25, 0.3) is 0 Å². The first-order chi connectivity index (χ1) is 9.95. The van der Waals surface area contributed by atoms with Gasteiger partial charge in [-0.05, 0) is 43.9 Å². The van der Waals surface area contributed by atoms with Gasteiger partial charge in [0.1, 0.15) is 0 Å². The van der Waals surface area contributed by atoms with E-state index in [2.05, 4.69) is 0 Å². The van der Waals surface area contributed by atoms with Crippen molar-refractivity contribution < 1.29 is 19.8 Å². The highest BCUT2D eigenvalue weighted by molar-refractivity contribution is 5.74. The van der Waals surface area contributed by atoms with Crippen LogP contribution in [-0.4, -0.2) is 64.8 Å². The highest BCUT2D eigenvalue weighted by atomic mass is 16.4. The molecule has 2 N–H and O–H groups in total. The predicted octanol–water partition coefficient (Wildman–Crippen LogP) is 1.39. The number of aliphatic hydroxyl groups excluding tert-OH is 1. The molecule has 0 aromatic rings. The molecule has 21 heavy (non-hydrogen) atoms. The molecule has 0 radical (unpaired) electrons. The number of rotatable bonds is 5. The Morgan fingerprint density at radius 2 is 1.81 bits per heavy atom. The Kier molecular flexibility index (Phi) is 5.45. The van der Waals surface area contributed by atoms with Crippen molar-refractivity contribution in [2.75, 3.05) is 26.7 Å². The molecule has 2 aliphatic rings. The molecule has 0 atom stereocenters. The molecule has 1 saturated carbocycles. The van der Waals surface area contributed by atoms with E-state index in [9.17, 15) is 14.7 Å². The number of piperidine rings is 1. The topological polar surface area (TPSA) is 81.1 Å². The van der Waals surface area contributed by atoms with E-state index in [-0.39, 0.29) is 18.6 Å². The van der Waals surface area contributed by atoms with E-state index < -0.39 is 5.97 Å². The summed E-state index contributed by atoms with van der Waals surface area (Å²) in [7, 11) is 1.82. The van der Waals surface area contributed by atoms with Gasteiger partial charge in [0.05, 0.1) is 6.10 Å². The van der Waals surface area contributed by atoms with Crippen LogP contribution in [0.2, 0.25) is 0 Å². The molecule has 1 saturated heterocycles. The average molecular weight is 298 g/mol. The SMILES string of the molecule is CN(CC1CC(O)C1)C(=O)N1CCC(CCC(=O)O)CC1. The Bertz CT molecular complexity index is 374. The summed E-state index contributed by atoms with van der Waals surface area (Å²) < 4.78 is 0. The zero-order valence-corrected chi connectivity index (χ0v) is 12.7. The summed E-state index contributed by atoms with van der Waals surface area (Å²) in [5.74, 6) is 0.121. The fraction of sp³-hybridized carbons (Fsp3) is 0.867. The van der Waals surface area contributed by atoms with Crippen LogP contribution in [0, 0.1) is 11.8 Å². The maximum atomic E-state index is 12.3. The van der Waals surface area contributed by atoms with E-state index in [4.69, 9.17) is 5.11 Å². The van der Waals surface area contributed by atoms with Gasteiger partial charge in [0.2, 0.25) is 0 Å². The van der Waals surface area contributed by atoms with Gasteiger partial charge in [-0.25, -0.2) is 4.79 Å². The van der Waals surface area contributed by atoms with Crippen molar-refractivity contribution in [3.63, 3.8) is 0 Å². The van der Waals surface area contributed by atoms with Crippen molar-refractivity contribution in [2.24, 2.45) is 11.8 Å². The van der Waals surface area contributed by atoms with Gasteiger partial charge in [0, 0.05) is 33.1 Å². The molecular weight excluding hydrogens is 272 g/mol. The number of carbonyl (C=O) groups excluding carboxylic acids is 1. The summed E-state index contributed by atoms with van der Waals surface area (Å²) in [4.78, 5) is 26.5. The first kappa shape index (κ1) is 16.1. The second-order valence-corrected chi connectivity index (χ2v) is 6.52. The molecule has 2 rings (SSSR count). The van der Waals surface area contributed by atoms with Crippen molar-refractivity contribution in [3.05, 3.63) is 0 Å². The minimum absolute atomic E-state index is 0.0630. The molecule has 2 amide bonds. The molecule has 1 heterocycles. The maximum absolute atomic E-state index is 12.3. The first-order valence-corrected chi connectivity index (χ1v) is 7.85. The van der Waals surface area contributed by atoms with Crippen LogP contribution in [-0.2, 0) is 4.79 Å². The number of aliphatic hydroxyl groups is 1. The van der Waals surface area contributed by atoms with Gasteiger partial charge in [-0.1, -0.05) is 0 Å². The van der Waals surface area contributed by atoms with E-state index >= 15 is 0 Å². The minimum atomic E-state index is -0.740. The third-order valence-electron chi connectivity index (χ3n) is 4.72. The number of carboxylic acids is 1. The number of carbonyl (C=O) groups is 2. The Hall–Kier alpha value is -1.30. The van der Waals surface area contributed by atoms with Crippen LogP contribution in [0.25, 0.3) is 0 Å². The largest absolute Gasteiger partial charge is 0.481 e. The van der Waals surface area contributed by atoms with E-state index in [1.807, 2.05) is 11.9 Å². The van der Waals surface area contributed by atoms with E-state index in [1.165, 1.54) is 0 Å². The number of carboxylic acid groups (broad SMARTS) is 1. The predicted molar refractivity (Wildman–Crippen MR) is 77.9 cm³/mol. The second-order valence-electron chi connectivity index (χ2n) is 6.52. The zero-order valence-electron chi connectivity index (χ0n) is 12.7. The summed E-state index contributed by atoms with van der Waals surface area (Å²) >= 11 is 0. The lowest BCUT2D eigenvalue weighted by molar-refractivity contribution is -0.137. The molecule has 6 heteroatoms. The Morgan fingerprint density at radius 1 is 1.19 bits per heavy atom. The number of likely N-dealkylation sites (tertiary alicyclic amines) is 1. The molecule has 0 bridgehead atoms. The van der Waals surface area contributed by atoms with Crippen LogP contribution in [0.4, 0.5) is 4.79 Å². The lowest BCUT2D eigenvalue weighted by Gasteiger charge is -2.38. The Morgan fingerprint density at radius 3 is 2.33 bits per heavy atom. The quantitative estimate of drug-likeness (QED) is 0.803. The highest BCUT2D eigenvalue weighted by Crippen LogP contribution is 2.28. The standard InChI is InChI=1S/C15H26N2O4/c1-16(10-12-8-13(18)9-12)15(21)17-6-4-11(5-7-17)2-3-14(19)20/h11-13,18H,2-10H2,1H3,(H,19,20). The minimum Gasteiger partial charge on any atom is -0.481 e. The third-order valence-corrected chi connectivity index (χ3v) is 4.72. The normalized spacial score (nSPS) is 26.3. The molecule has 0 unspecified atom stereocenters. The number of nitrogens with zero attached hydrogens (tertiary/aromatic N) is 2. The summed E-state index contributed by atoms with van der Waals surface area (Å²) in [5, 5.41) is 18.0. The van der Waals surface area contributed by atoms with Crippen molar-refractivity contribution in [2.45, 2.75) is 44.6 Å². The van der Waals surface area contributed by atoms with Crippen molar-refractivity contribution in [1.82, 2.24) is 9.80 Å². The van der Waals surface area contributed by atoms with Gasteiger partial charge >= 0.3 is 12.0 Å². The van der Waals surface area contributed by atoms with Crippen LogP contribution in [0.15, 0.2) is 0 Å². The van der Waals surface area contributed by atoms with Crippen LogP contribution in [0.5, 0.6) is 0 Å². The number of hydrogen-bond acceptors (Lipinski definition) is 3.